The summed E-state index contributed by atoms with van der Waals surface area (Å²) in [6.45, 7) is 2.16. The summed E-state index contributed by atoms with van der Waals surface area (Å²) in [7, 11) is 1.32. The Morgan fingerprint density at radius 2 is 2.27 bits per heavy atom. The average Bonchev–Trinajstić information content (AvgIpc) is 2.29. The van der Waals surface area contributed by atoms with Crippen LogP contribution in [0.1, 0.15) is 32.6 Å². The zero-order valence-corrected chi connectivity index (χ0v) is 11.8. The van der Waals surface area contributed by atoms with Gasteiger partial charge in [0.15, 0.2) is 0 Å². The molecule has 1 rings (SSSR count). The highest BCUT2D eigenvalue weighted by Gasteiger charge is 2.47. The summed E-state index contributed by atoms with van der Waals surface area (Å²) in [4.78, 5) is 0.255. The zero-order chi connectivity index (χ0) is 11.3. The predicted molar refractivity (Wildman–Crippen MR) is 66.4 cm³/mol. The molecule has 1 aliphatic heterocycles. The number of methoxy groups -OCH3 is 1. The summed E-state index contributed by atoms with van der Waals surface area (Å²) < 4.78 is 17.0. The summed E-state index contributed by atoms with van der Waals surface area (Å²) in [5.74, 6) is 0. The molecule has 1 fully saturated rings. The van der Waals surface area contributed by atoms with E-state index >= 15 is 0 Å². The molecule has 0 aliphatic carbocycles. The lowest BCUT2D eigenvalue weighted by Gasteiger charge is -2.40. The van der Waals surface area contributed by atoms with Gasteiger partial charge in [-0.15, -0.1) is 0 Å². The molecule has 1 aliphatic rings. The molecule has 0 radical (unpaired) electrons. The number of hydrogen-bond acceptors (Lipinski definition) is 4. The van der Waals surface area contributed by atoms with Crippen molar-refractivity contribution in [1.29, 1.82) is 0 Å². The summed E-state index contributed by atoms with van der Waals surface area (Å²) in [6, 6.07) is 1.04. The van der Waals surface area contributed by atoms with Crippen molar-refractivity contribution in [2.45, 2.75) is 49.8 Å². The summed E-state index contributed by atoms with van der Waals surface area (Å²) in [5.41, 5.74) is 0. The van der Waals surface area contributed by atoms with Crippen molar-refractivity contribution in [2.24, 2.45) is 0 Å². The lowest BCUT2D eigenvalue weighted by atomic mass is 10.3. The molecular formula is C10H22O3SSi. The highest BCUT2D eigenvalue weighted by Crippen LogP contribution is 2.33. The van der Waals surface area contributed by atoms with Gasteiger partial charge in [-0.2, -0.15) is 12.6 Å². The molecule has 0 aromatic rings. The minimum atomic E-state index is -2.13. The maximum atomic E-state index is 6.00. The van der Waals surface area contributed by atoms with Crippen molar-refractivity contribution in [1.82, 2.24) is 0 Å². The molecule has 0 aromatic carbocycles. The average molecular weight is 250 g/mol. The Bertz CT molecular complexity index is 194. The van der Waals surface area contributed by atoms with E-state index < -0.39 is 8.56 Å². The van der Waals surface area contributed by atoms with Crippen LogP contribution < -0.4 is 0 Å². The molecule has 0 aromatic heterocycles. The first-order valence-corrected chi connectivity index (χ1v) is 8.24. The van der Waals surface area contributed by atoms with Gasteiger partial charge in [-0.05, 0) is 25.3 Å². The van der Waals surface area contributed by atoms with Crippen LogP contribution in [0.4, 0.5) is 0 Å². The smallest absolute Gasteiger partial charge is 0.352 e. The van der Waals surface area contributed by atoms with Gasteiger partial charge in [0.2, 0.25) is 0 Å². The fourth-order valence-corrected chi connectivity index (χ4v) is 6.46. The molecule has 0 saturated carbocycles. The van der Waals surface area contributed by atoms with E-state index in [-0.39, 0.29) is 11.2 Å². The topological polar surface area (TPSA) is 27.7 Å². The van der Waals surface area contributed by atoms with Crippen molar-refractivity contribution in [3.05, 3.63) is 0 Å². The van der Waals surface area contributed by atoms with E-state index in [9.17, 15) is 0 Å². The first kappa shape index (κ1) is 13.5. The van der Waals surface area contributed by atoms with Gasteiger partial charge in [0.1, 0.15) is 6.29 Å². The van der Waals surface area contributed by atoms with Gasteiger partial charge in [0, 0.05) is 19.1 Å². The number of hydrogen-bond donors (Lipinski definition) is 1. The minimum Gasteiger partial charge on any atom is -0.397 e. The minimum absolute atomic E-state index is 0.0862. The van der Waals surface area contributed by atoms with Crippen molar-refractivity contribution >= 4 is 21.2 Å². The van der Waals surface area contributed by atoms with Crippen molar-refractivity contribution in [3.63, 3.8) is 0 Å². The monoisotopic (exact) mass is 250 g/mol. The van der Waals surface area contributed by atoms with E-state index in [1.165, 1.54) is 0 Å². The van der Waals surface area contributed by atoms with Gasteiger partial charge in [0.05, 0.1) is 0 Å². The normalized spacial score (nSPS) is 34.0. The lowest BCUT2D eigenvalue weighted by Crippen LogP contribution is -2.55. The van der Waals surface area contributed by atoms with E-state index in [0.717, 1.165) is 31.7 Å². The molecule has 3 atom stereocenters. The third-order valence-electron chi connectivity index (χ3n) is 2.97. The van der Waals surface area contributed by atoms with Gasteiger partial charge in [-0.25, -0.2) is 0 Å². The van der Waals surface area contributed by atoms with Gasteiger partial charge < -0.3 is 13.6 Å². The second-order valence-electron chi connectivity index (χ2n) is 4.00. The number of thiol groups is 1. The van der Waals surface area contributed by atoms with Gasteiger partial charge >= 0.3 is 8.56 Å². The molecule has 15 heavy (non-hydrogen) atoms. The van der Waals surface area contributed by atoms with Crippen molar-refractivity contribution in [2.75, 3.05) is 14.2 Å². The van der Waals surface area contributed by atoms with Crippen LogP contribution in [0.3, 0.4) is 0 Å². The van der Waals surface area contributed by atoms with Crippen LogP contribution in [0.25, 0.3) is 0 Å². The van der Waals surface area contributed by atoms with E-state index in [4.69, 9.17) is 13.6 Å². The van der Waals surface area contributed by atoms with Gasteiger partial charge in [-0.1, -0.05) is 13.3 Å². The van der Waals surface area contributed by atoms with Gasteiger partial charge in [0.25, 0.3) is 0 Å². The summed E-state index contributed by atoms with van der Waals surface area (Å²) in [6.07, 6.45) is 4.19. The Kier molecular flexibility index (Phi) is 5.63. The van der Waals surface area contributed by atoms with E-state index in [2.05, 4.69) is 19.6 Å². The number of ether oxygens (including phenoxy) is 1. The SMILES string of the molecule is CCCC(S)[Si]1(OC)CCCC(OC)O1. The molecule has 0 spiro atoms. The molecule has 1 heterocycles. The number of rotatable bonds is 5. The molecule has 3 nitrogen and oxygen atoms in total. The van der Waals surface area contributed by atoms with Crippen LogP contribution in [0.15, 0.2) is 0 Å². The highest BCUT2D eigenvalue weighted by atomic mass is 32.1. The highest BCUT2D eigenvalue weighted by molar-refractivity contribution is 7.83. The largest absolute Gasteiger partial charge is 0.397 e. The predicted octanol–water partition coefficient (Wildman–Crippen LogP) is 2.50. The quantitative estimate of drug-likeness (QED) is 0.600. The molecule has 0 amide bonds. The second-order valence-corrected chi connectivity index (χ2v) is 8.57. The second kappa shape index (κ2) is 6.25. The molecule has 5 heteroatoms. The zero-order valence-electron chi connectivity index (χ0n) is 9.86. The molecular weight excluding hydrogens is 228 g/mol. The Morgan fingerprint density at radius 1 is 1.53 bits per heavy atom. The molecule has 0 N–H and O–H groups in total. The molecule has 1 saturated heterocycles. The first-order chi connectivity index (χ1) is 7.18. The third-order valence-corrected chi connectivity index (χ3v) is 8.12. The fraction of sp³-hybridized carbons (Fsp3) is 1.00. The molecule has 90 valence electrons. The summed E-state index contributed by atoms with van der Waals surface area (Å²) >= 11 is 4.65. The van der Waals surface area contributed by atoms with E-state index in [0.29, 0.717) is 0 Å². The third kappa shape index (κ3) is 3.20. The summed E-state index contributed by atoms with van der Waals surface area (Å²) in [5, 5.41) is 0. The van der Waals surface area contributed by atoms with Crippen LogP contribution in [-0.4, -0.2) is 33.9 Å². The van der Waals surface area contributed by atoms with Crippen LogP contribution in [0.5, 0.6) is 0 Å². The van der Waals surface area contributed by atoms with Crippen molar-refractivity contribution in [3.8, 4) is 0 Å². The van der Waals surface area contributed by atoms with Crippen LogP contribution >= 0.6 is 12.6 Å². The fourth-order valence-electron chi connectivity index (χ4n) is 2.05. The van der Waals surface area contributed by atoms with E-state index in [1.807, 2.05) is 0 Å². The van der Waals surface area contributed by atoms with Gasteiger partial charge in [-0.3, -0.25) is 0 Å². The van der Waals surface area contributed by atoms with Crippen molar-refractivity contribution < 1.29 is 13.6 Å². The molecule has 0 bridgehead atoms. The van der Waals surface area contributed by atoms with Crippen LogP contribution in [0.2, 0.25) is 6.04 Å². The maximum Gasteiger partial charge on any atom is 0.352 e. The lowest BCUT2D eigenvalue weighted by molar-refractivity contribution is -0.0902. The maximum absolute atomic E-state index is 6.00. The van der Waals surface area contributed by atoms with E-state index in [1.54, 1.807) is 14.2 Å². The first-order valence-electron chi connectivity index (χ1n) is 5.62. The Hall–Kier alpha value is 0.447. The molecule has 3 unspecified atom stereocenters. The van der Waals surface area contributed by atoms with Crippen LogP contribution in [0, 0.1) is 0 Å². The van der Waals surface area contributed by atoms with Crippen LogP contribution in [-0.2, 0) is 13.6 Å². The Balaban J connectivity index is 2.65. The Morgan fingerprint density at radius 3 is 2.80 bits per heavy atom. The standard InChI is InChI=1S/C10H22O3SSi/c1-4-6-10(14)15(12-3)8-5-7-9(11-2)13-15/h9-10,14H,4-8H2,1-3H3. The Labute approximate surface area is 99.1 Å².